The normalized spacial score (nSPS) is 11.0. The number of amides is 2. The molecule has 5 aromatic rings. The van der Waals surface area contributed by atoms with E-state index >= 15 is 0 Å². The van der Waals surface area contributed by atoms with Crippen LogP contribution < -0.4 is 20.7 Å². The minimum Gasteiger partial charge on any atom is -0.455 e. The minimum absolute atomic E-state index is 0.193. The average molecular weight is 508 g/mol. The van der Waals surface area contributed by atoms with Crippen LogP contribution in [0.25, 0.3) is 21.1 Å². The molecule has 0 atom stereocenters. The Hall–Kier alpha value is -3.89. The van der Waals surface area contributed by atoms with Gasteiger partial charge in [0.1, 0.15) is 23.3 Å². The first-order valence-corrected chi connectivity index (χ1v) is 12.2. The van der Waals surface area contributed by atoms with Crippen molar-refractivity contribution >= 4 is 61.8 Å². The molecule has 0 aliphatic rings. The summed E-state index contributed by atoms with van der Waals surface area (Å²) in [6, 6.07) is 13.0. The number of urea groups is 1. The number of fused-ring (bicyclic) bond motifs is 2. The highest BCUT2D eigenvalue weighted by molar-refractivity contribution is 7.13. The van der Waals surface area contributed by atoms with Gasteiger partial charge in [-0.15, -0.1) is 0 Å². The van der Waals surface area contributed by atoms with Gasteiger partial charge in [0.2, 0.25) is 0 Å². The Morgan fingerprint density at radius 3 is 2.91 bits per heavy atom. The number of rotatable bonds is 8. The predicted octanol–water partition coefficient (Wildman–Crippen LogP) is 5.55. The van der Waals surface area contributed by atoms with Crippen LogP contribution in [-0.2, 0) is 6.54 Å². The van der Waals surface area contributed by atoms with Gasteiger partial charge in [-0.05, 0) is 54.9 Å². The smallest absolute Gasteiger partial charge is 0.314 e. The van der Waals surface area contributed by atoms with Crippen molar-refractivity contribution in [3.8, 4) is 11.5 Å². The number of hydrogen-bond acceptors (Lipinski definition) is 7. The highest BCUT2D eigenvalue weighted by Crippen LogP contribution is 2.36. The van der Waals surface area contributed by atoms with E-state index in [1.165, 1.54) is 17.9 Å². The first-order chi connectivity index (χ1) is 17.1. The van der Waals surface area contributed by atoms with Crippen molar-refractivity contribution < 1.29 is 9.53 Å². The van der Waals surface area contributed by atoms with Gasteiger partial charge in [-0.25, -0.2) is 14.8 Å². The number of aromatic nitrogens is 4. The molecule has 0 fully saturated rings. The average Bonchev–Trinajstić information content (AvgIpc) is 3.49. The van der Waals surface area contributed by atoms with Gasteiger partial charge < -0.3 is 25.3 Å². The predicted molar refractivity (Wildman–Crippen MR) is 139 cm³/mol. The monoisotopic (exact) mass is 507 g/mol. The molecule has 5 rings (SSSR count). The number of anilines is 2. The number of halogens is 1. The molecule has 9 nitrogen and oxygen atoms in total. The van der Waals surface area contributed by atoms with E-state index in [9.17, 15) is 4.79 Å². The Kier molecular flexibility index (Phi) is 6.64. The Bertz CT molecular complexity index is 1500. The van der Waals surface area contributed by atoms with Gasteiger partial charge in [-0.2, -0.15) is 4.37 Å². The van der Waals surface area contributed by atoms with Gasteiger partial charge in [0.15, 0.2) is 5.82 Å². The molecule has 0 unspecified atom stereocenters. The molecule has 11 heteroatoms. The van der Waals surface area contributed by atoms with Crippen LogP contribution in [0.4, 0.5) is 16.3 Å². The summed E-state index contributed by atoms with van der Waals surface area (Å²) in [5, 5.41) is 10.3. The van der Waals surface area contributed by atoms with Crippen molar-refractivity contribution in [1.82, 2.24) is 29.5 Å². The van der Waals surface area contributed by atoms with Crippen LogP contribution in [0.3, 0.4) is 0 Å². The fourth-order valence-corrected chi connectivity index (χ4v) is 4.58. The van der Waals surface area contributed by atoms with Gasteiger partial charge in [0.25, 0.3) is 0 Å². The summed E-state index contributed by atoms with van der Waals surface area (Å²) in [6.45, 7) is 3.49. The molecule has 0 bridgehead atoms. The molecule has 0 aliphatic heterocycles. The van der Waals surface area contributed by atoms with E-state index < -0.39 is 0 Å². The number of nitrogens with zero attached hydrogens (tertiary/aromatic N) is 4. The second kappa shape index (κ2) is 10.2. The second-order valence-electron chi connectivity index (χ2n) is 7.62. The quantitative estimate of drug-likeness (QED) is 0.254. The highest BCUT2D eigenvalue weighted by atomic mass is 35.5. The zero-order valence-electron chi connectivity index (χ0n) is 18.8. The number of nitrogens with one attached hydrogen (secondary N) is 3. The van der Waals surface area contributed by atoms with Crippen LogP contribution >= 0.6 is 23.1 Å². The van der Waals surface area contributed by atoms with Crippen LogP contribution in [0, 0.1) is 0 Å². The fraction of sp³-hybridized carbons (Fsp3) is 0.167. The van der Waals surface area contributed by atoms with Crippen molar-refractivity contribution in [3.05, 3.63) is 66.2 Å². The number of benzene rings is 2. The summed E-state index contributed by atoms with van der Waals surface area (Å²) < 4.78 is 13.4. The zero-order valence-corrected chi connectivity index (χ0v) is 20.4. The number of hydrogen-bond donors (Lipinski definition) is 3. The standard InChI is InChI=1S/C24H22ClN7O2S/c1-2-26-24(33)27-9-11-32-10-8-18-22(32)23(29-14-28-18)31-15-6-7-20(17(25)12-15)34-19-4-3-5-21-16(19)13-30-35-21/h3-8,10,12-14H,2,9,11H2,1H3,(H2,26,27,33)(H,28,29,31). The molecule has 3 aromatic heterocycles. The summed E-state index contributed by atoms with van der Waals surface area (Å²) in [4.78, 5) is 20.5. The third-order valence-electron chi connectivity index (χ3n) is 5.30. The van der Waals surface area contributed by atoms with Gasteiger partial charge >= 0.3 is 6.03 Å². The Balaban J connectivity index is 1.34. The largest absolute Gasteiger partial charge is 0.455 e. The first kappa shape index (κ1) is 22.9. The Labute approximate surface area is 210 Å². The molecule has 0 radical (unpaired) electrons. The molecule has 0 spiro atoms. The molecule has 3 heterocycles. The molecule has 178 valence electrons. The fourth-order valence-electron chi connectivity index (χ4n) is 3.70. The van der Waals surface area contributed by atoms with Crippen LogP contribution in [0.1, 0.15) is 6.92 Å². The van der Waals surface area contributed by atoms with Crippen molar-refractivity contribution in [2.24, 2.45) is 0 Å². The SMILES string of the molecule is CCNC(=O)NCCn1ccc2ncnc(Nc3ccc(Oc4cccc5sncc45)c(Cl)c3)c21. The highest BCUT2D eigenvalue weighted by Gasteiger charge is 2.12. The molecule has 0 aliphatic carbocycles. The minimum atomic E-state index is -0.193. The van der Waals surface area contributed by atoms with Crippen LogP contribution in [0.15, 0.2) is 61.2 Å². The van der Waals surface area contributed by atoms with E-state index in [0.29, 0.717) is 42.0 Å². The van der Waals surface area contributed by atoms with E-state index in [1.54, 1.807) is 12.3 Å². The summed E-state index contributed by atoms with van der Waals surface area (Å²) in [7, 11) is 0. The molecule has 2 aromatic carbocycles. The lowest BCUT2D eigenvalue weighted by Gasteiger charge is -2.13. The van der Waals surface area contributed by atoms with Crippen molar-refractivity contribution in [2.45, 2.75) is 13.5 Å². The van der Waals surface area contributed by atoms with Gasteiger partial charge in [0.05, 0.1) is 26.8 Å². The van der Waals surface area contributed by atoms with Crippen LogP contribution in [0.5, 0.6) is 11.5 Å². The van der Waals surface area contributed by atoms with Gasteiger partial charge in [-0.3, -0.25) is 0 Å². The zero-order chi connectivity index (χ0) is 24.2. The molecule has 0 saturated carbocycles. The van der Waals surface area contributed by atoms with E-state index in [0.717, 1.165) is 26.8 Å². The number of ether oxygens (including phenoxy) is 1. The summed E-state index contributed by atoms with van der Waals surface area (Å²) in [5.74, 6) is 1.89. The molecule has 35 heavy (non-hydrogen) atoms. The lowest BCUT2D eigenvalue weighted by atomic mass is 10.2. The topological polar surface area (TPSA) is 106 Å². The molecule has 0 saturated heterocycles. The summed E-state index contributed by atoms with van der Waals surface area (Å²) >= 11 is 7.98. The van der Waals surface area contributed by atoms with E-state index in [1.807, 2.05) is 54.1 Å². The van der Waals surface area contributed by atoms with Crippen molar-refractivity contribution in [1.29, 1.82) is 0 Å². The third kappa shape index (κ3) is 4.98. The van der Waals surface area contributed by atoms with E-state index in [-0.39, 0.29) is 6.03 Å². The van der Waals surface area contributed by atoms with Gasteiger partial charge in [0, 0.05) is 31.5 Å². The summed E-state index contributed by atoms with van der Waals surface area (Å²) in [6.07, 6.45) is 5.23. The maximum atomic E-state index is 11.7. The molecule has 2 amide bonds. The summed E-state index contributed by atoms with van der Waals surface area (Å²) in [5.41, 5.74) is 2.38. The molecular formula is C24H22ClN7O2S. The van der Waals surface area contributed by atoms with Crippen LogP contribution in [-0.4, -0.2) is 38.0 Å². The second-order valence-corrected chi connectivity index (χ2v) is 8.86. The first-order valence-electron chi connectivity index (χ1n) is 11.0. The third-order valence-corrected chi connectivity index (χ3v) is 6.36. The lowest BCUT2D eigenvalue weighted by molar-refractivity contribution is 0.241. The van der Waals surface area contributed by atoms with Crippen LogP contribution in [0.2, 0.25) is 5.02 Å². The van der Waals surface area contributed by atoms with Crippen molar-refractivity contribution in [3.63, 3.8) is 0 Å². The van der Waals surface area contributed by atoms with E-state index in [4.69, 9.17) is 16.3 Å². The maximum absolute atomic E-state index is 11.7. The Morgan fingerprint density at radius 1 is 1.14 bits per heavy atom. The Morgan fingerprint density at radius 2 is 2.06 bits per heavy atom. The van der Waals surface area contributed by atoms with Gasteiger partial charge in [-0.1, -0.05) is 17.7 Å². The van der Waals surface area contributed by atoms with Crippen molar-refractivity contribution in [2.75, 3.05) is 18.4 Å². The molecular weight excluding hydrogens is 486 g/mol. The number of carbonyl (C=O) groups excluding carboxylic acids is 1. The lowest BCUT2D eigenvalue weighted by Crippen LogP contribution is -2.36. The van der Waals surface area contributed by atoms with E-state index in [2.05, 4.69) is 30.3 Å². The molecule has 3 N–H and O–H groups in total. The maximum Gasteiger partial charge on any atom is 0.314 e. The number of carbonyl (C=O) groups is 1.